The third kappa shape index (κ3) is 5.68. The molecule has 1 aromatic rings. The maximum Gasteiger partial charge on any atom is 0.231 e. The summed E-state index contributed by atoms with van der Waals surface area (Å²) >= 11 is 0. The number of para-hydroxylation sites is 1. The highest BCUT2D eigenvalue weighted by Crippen LogP contribution is 2.32. The van der Waals surface area contributed by atoms with Crippen molar-refractivity contribution in [2.45, 2.75) is 31.3 Å². The first-order valence-corrected chi connectivity index (χ1v) is 9.67. The molecule has 7 nitrogen and oxygen atoms in total. The summed E-state index contributed by atoms with van der Waals surface area (Å²) in [4.78, 5) is 27.7. The van der Waals surface area contributed by atoms with Gasteiger partial charge in [-0.2, -0.15) is 0 Å². The fourth-order valence-corrected chi connectivity index (χ4v) is 3.79. The normalized spacial score (nSPS) is 20.4. The van der Waals surface area contributed by atoms with Gasteiger partial charge in [-0.05, 0) is 31.4 Å². The van der Waals surface area contributed by atoms with Crippen LogP contribution in [0.1, 0.15) is 25.7 Å². The van der Waals surface area contributed by atoms with Crippen LogP contribution >= 0.6 is 0 Å². The van der Waals surface area contributed by atoms with Crippen LogP contribution in [0, 0.1) is 0 Å². The van der Waals surface area contributed by atoms with E-state index in [-0.39, 0.29) is 24.0 Å². The Balaban J connectivity index is 1.43. The fourth-order valence-electron chi connectivity index (χ4n) is 3.79. The molecule has 0 unspecified atom stereocenters. The smallest absolute Gasteiger partial charge is 0.231 e. The van der Waals surface area contributed by atoms with E-state index in [1.54, 1.807) is 0 Å². The van der Waals surface area contributed by atoms with Gasteiger partial charge in [0.1, 0.15) is 5.75 Å². The van der Waals surface area contributed by atoms with Gasteiger partial charge in [0.25, 0.3) is 0 Å². The number of carbonyl (C=O) groups is 2. The number of nitrogens with two attached hydrogens (primary N) is 1. The standard InChI is InChI=1S/C20H29N3O4/c21-18(24)16-22-10-7-20(8-11-22)15-19(25)23(12-14-27-20)9-4-13-26-17-5-2-1-3-6-17/h1-3,5-6H,4,7-16H2,(H2,21,24). The van der Waals surface area contributed by atoms with Crippen LogP contribution in [0.4, 0.5) is 0 Å². The highest BCUT2D eigenvalue weighted by Gasteiger charge is 2.40. The molecule has 1 spiro atoms. The van der Waals surface area contributed by atoms with Gasteiger partial charge in [0.05, 0.1) is 31.8 Å². The molecule has 0 saturated carbocycles. The molecule has 27 heavy (non-hydrogen) atoms. The number of amides is 2. The molecular weight excluding hydrogens is 346 g/mol. The van der Waals surface area contributed by atoms with Gasteiger partial charge in [-0.3, -0.25) is 14.5 Å². The van der Waals surface area contributed by atoms with E-state index in [4.69, 9.17) is 15.2 Å². The number of ether oxygens (including phenoxy) is 2. The lowest BCUT2D eigenvalue weighted by atomic mass is 9.87. The minimum absolute atomic E-state index is 0.149. The van der Waals surface area contributed by atoms with Gasteiger partial charge < -0.3 is 20.1 Å². The van der Waals surface area contributed by atoms with E-state index >= 15 is 0 Å². The Morgan fingerprint density at radius 3 is 2.63 bits per heavy atom. The number of likely N-dealkylation sites (tertiary alicyclic amines) is 1. The first kappa shape index (κ1) is 19.6. The van der Waals surface area contributed by atoms with E-state index in [9.17, 15) is 9.59 Å². The van der Waals surface area contributed by atoms with Crippen molar-refractivity contribution in [2.24, 2.45) is 5.73 Å². The van der Waals surface area contributed by atoms with Crippen molar-refractivity contribution >= 4 is 11.8 Å². The van der Waals surface area contributed by atoms with Gasteiger partial charge in [-0.25, -0.2) is 0 Å². The molecular formula is C20H29N3O4. The number of hydrogen-bond donors (Lipinski definition) is 1. The molecule has 2 fully saturated rings. The van der Waals surface area contributed by atoms with Crippen LogP contribution in [0.25, 0.3) is 0 Å². The lowest BCUT2D eigenvalue weighted by Gasteiger charge is -2.40. The van der Waals surface area contributed by atoms with Gasteiger partial charge in [-0.1, -0.05) is 18.2 Å². The molecule has 0 aliphatic carbocycles. The van der Waals surface area contributed by atoms with Crippen molar-refractivity contribution < 1.29 is 19.1 Å². The Morgan fingerprint density at radius 2 is 1.93 bits per heavy atom. The topological polar surface area (TPSA) is 85.1 Å². The third-order valence-corrected chi connectivity index (χ3v) is 5.33. The van der Waals surface area contributed by atoms with Gasteiger partial charge >= 0.3 is 0 Å². The van der Waals surface area contributed by atoms with Gasteiger partial charge in [0, 0.05) is 26.2 Å². The summed E-state index contributed by atoms with van der Waals surface area (Å²) in [7, 11) is 0. The van der Waals surface area contributed by atoms with Crippen molar-refractivity contribution in [3.8, 4) is 5.75 Å². The molecule has 7 heteroatoms. The highest BCUT2D eigenvalue weighted by molar-refractivity contribution is 5.77. The van der Waals surface area contributed by atoms with Crippen LogP contribution < -0.4 is 10.5 Å². The number of rotatable bonds is 7. The van der Waals surface area contributed by atoms with E-state index < -0.39 is 0 Å². The number of benzene rings is 1. The zero-order valence-corrected chi connectivity index (χ0v) is 15.8. The largest absolute Gasteiger partial charge is 0.494 e. The predicted octanol–water partition coefficient (Wildman–Crippen LogP) is 1.02. The molecule has 3 rings (SSSR count). The first-order valence-electron chi connectivity index (χ1n) is 9.67. The van der Waals surface area contributed by atoms with Crippen LogP contribution in [0.15, 0.2) is 30.3 Å². The van der Waals surface area contributed by atoms with Crippen LogP contribution in [-0.2, 0) is 14.3 Å². The first-order chi connectivity index (χ1) is 13.1. The van der Waals surface area contributed by atoms with E-state index in [0.29, 0.717) is 32.7 Å². The second kappa shape index (κ2) is 9.19. The van der Waals surface area contributed by atoms with Gasteiger partial charge in [0.2, 0.25) is 11.8 Å². The van der Waals surface area contributed by atoms with Crippen molar-refractivity contribution in [3.05, 3.63) is 30.3 Å². The maximum absolute atomic E-state index is 12.7. The minimum Gasteiger partial charge on any atom is -0.494 e. The van der Waals surface area contributed by atoms with Crippen LogP contribution in [-0.4, -0.2) is 73.2 Å². The number of primary amides is 1. The summed E-state index contributed by atoms with van der Waals surface area (Å²) in [6.07, 6.45) is 2.73. The molecule has 0 bridgehead atoms. The molecule has 2 aliphatic heterocycles. The third-order valence-electron chi connectivity index (χ3n) is 5.33. The molecule has 0 radical (unpaired) electrons. The summed E-state index contributed by atoms with van der Waals surface area (Å²) in [6, 6.07) is 9.70. The number of piperidine rings is 1. The number of hydrogen-bond acceptors (Lipinski definition) is 5. The summed E-state index contributed by atoms with van der Waals surface area (Å²) in [5.74, 6) is 0.688. The average molecular weight is 375 g/mol. The summed E-state index contributed by atoms with van der Waals surface area (Å²) in [6.45, 7) is 4.19. The second-order valence-corrected chi connectivity index (χ2v) is 7.35. The molecule has 2 saturated heterocycles. The van der Waals surface area contributed by atoms with E-state index in [0.717, 1.165) is 38.1 Å². The highest BCUT2D eigenvalue weighted by atomic mass is 16.5. The monoisotopic (exact) mass is 375 g/mol. The Hall–Kier alpha value is -2.12. The molecule has 2 amide bonds. The number of carbonyl (C=O) groups excluding carboxylic acids is 2. The molecule has 2 aliphatic rings. The quantitative estimate of drug-likeness (QED) is 0.720. The molecule has 0 atom stereocenters. The average Bonchev–Trinajstić information content (AvgIpc) is 2.80. The Morgan fingerprint density at radius 1 is 1.19 bits per heavy atom. The fraction of sp³-hybridized carbons (Fsp3) is 0.600. The Labute approximate surface area is 160 Å². The molecule has 0 aromatic heterocycles. The molecule has 148 valence electrons. The number of nitrogens with zero attached hydrogens (tertiary/aromatic N) is 2. The van der Waals surface area contributed by atoms with Crippen molar-refractivity contribution in [1.82, 2.24) is 9.80 Å². The lowest BCUT2D eigenvalue weighted by Crippen LogP contribution is -2.49. The summed E-state index contributed by atoms with van der Waals surface area (Å²) in [5, 5.41) is 0. The summed E-state index contributed by atoms with van der Waals surface area (Å²) in [5.41, 5.74) is 4.88. The van der Waals surface area contributed by atoms with Crippen LogP contribution in [0.2, 0.25) is 0 Å². The Kier molecular flexibility index (Phi) is 6.68. The zero-order chi connectivity index (χ0) is 19.1. The van der Waals surface area contributed by atoms with E-state index in [1.165, 1.54) is 0 Å². The van der Waals surface area contributed by atoms with Crippen molar-refractivity contribution in [3.63, 3.8) is 0 Å². The van der Waals surface area contributed by atoms with Crippen molar-refractivity contribution in [1.29, 1.82) is 0 Å². The van der Waals surface area contributed by atoms with E-state index in [2.05, 4.69) is 0 Å². The van der Waals surface area contributed by atoms with Crippen molar-refractivity contribution in [2.75, 3.05) is 45.9 Å². The SMILES string of the molecule is NC(=O)CN1CCC2(CC1)CC(=O)N(CCCOc1ccccc1)CCO2. The van der Waals surface area contributed by atoms with E-state index in [1.807, 2.05) is 40.1 Å². The maximum atomic E-state index is 12.7. The zero-order valence-electron chi connectivity index (χ0n) is 15.8. The second-order valence-electron chi connectivity index (χ2n) is 7.35. The minimum atomic E-state index is -0.388. The van der Waals surface area contributed by atoms with Gasteiger partial charge in [0.15, 0.2) is 0 Å². The van der Waals surface area contributed by atoms with Crippen LogP contribution in [0.3, 0.4) is 0 Å². The van der Waals surface area contributed by atoms with Crippen LogP contribution in [0.5, 0.6) is 5.75 Å². The molecule has 1 aromatic carbocycles. The lowest BCUT2D eigenvalue weighted by molar-refractivity contribution is -0.136. The Bertz CT molecular complexity index is 629. The predicted molar refractivity (Wildman–Crippen MR) is 101 cm³/mol. The summed E-state index contributed by atoms with van der Waals surface area (Å²) < 4.78 is 11.8. The molecule has 2 N–H and O–H groups in total. The van der Waals surface area contributed by atoms with Gasteiger partial charge in [-0.15, -0.1) is 0 Å². The molecule has 2 heterocycles.